The molecule has 0 spiro atoms. The van der Waals surface area contributed by atoms with Crippen LogP contribution in [0.5, 0.6) is 0 Å². The van der Waals surface area contributed by atoms with Crippen molar-refractivity contribution in [2.24, 2.45) is 0 Å². The third kappa shape index (κ3) is 3.21. The van der Waals surface area contributed by atoms with Gasteiger partial charge in [0.1, 0.15) is 6.04 Å². The number of benzene rings is 1. The first-order chi connectivity index (χ1) is 7.54. The van der Waals surface area contributed by atoms with Crippen molar-refractivity contribution in [2.75, 3.05) is 6.54 Å². The molecule has 0 bridgehead atoms. The summed E-state index contributed by atoms with van der Waals surface area (Å²) in [5.74, 6) is -0.869. The van der Waals surface area contributed by atoms with Gasteiger partial charge in [-0.1, -0.05) is 35.4 Å². The number of carbonyl (C=O) groups is 1. The maximum absolute atomic E-state index is 11.1. The van der Waals surface area contributed by atoms with Crippen molar-refractivity contribution in [3.63, 3.8) is 0 Å². The third-order valence-electron chi connectivity index (χ3n) is 2.29. The molecule has 1 rings (SSSR count). The molecule has 0 radical (unpaired) electrons. The molecule has 0 heterocycles. The Morgan fingerprint density at radius 2 is 2.00 bits per heavy atom. The van der Waals surface area contributed by atoms with Crippen LogP contribution in [0.2, 0.25) is 0 Å². The SMILES string of the molecule is C=CCNC(C(=O)O)c1cc(C)cc(C)c1. The van der Waals surface area contributed by atoms with Crippen LogP contribution >= 0.6 is 0 Å². The van der Waals surface area contributed by atoms with Crippen LogP contribution in [-0.4, -0.2) is 17.6 Å². The Hall–Kier alpha value is -1.61. The van der Waals surface area contributed by atoms with Gasteiger partial charge in [-0.2, -0.15) is 0 Å². The lowest BCUT2D eigenvalue weighted by atomic mass is 10.0. The van der Waals surface area contributed by atoms with Gasteiger partial charge in [-0.3, -0.25) is 10.1 Å². The average Bonchev–Trinajstić information content (AvgIpc) is 2.16. The van der Waals surface area contributed by atoms with Crippen molar-refractivity contribution >= 4 is 5.97 Å². The summed E-state index contributed by atoms with van der Waals surface area (Å²) < 4.78 is 0. The van der Waals surface area contributed by atoms with E-state index in [4.69, 9.17) is 5.11 Å². The van der Waals surface area contributed by atoms with Gasteiger partial charge in [-0.25, -0.2) is 0 Å². The smallest absolute Gasteiger partial charge is 0.325 e. The van der Waals surface area contributed by atoms with E-state index in [1.807, 2.05) is 32.0 Å². The molecule has 1 aromatic carbocycles. The van der Waals surface area contributed by atoms with E-state index in [2.05, 4.69) is 11.9 Å². The summed E-state index contributed by atoms with van der Waals surface area (Å²) in [4.78, 5) is 11.1. The van der Waals surface area contributed by atoms with Crippen molar-refractivity contribution < 1.29 is 9.90 Å². The molecule has 1 aromatic rings. The highest BCUT2D eigenvalue weighted by molar-refractivity contribution is 5.75. The monoisotopic (exact) mass is 219 g/mol. The lowest BCUT2D eigenvalue weighted by molar-refractivity contribution is -0.139. The zero-order chi connectivity index (χ0) is 12.1. The Bertz CT molecular complexity index is 379. The van der Waals surface area contributed by atoms with Crippen LogP contribution < -0.4 is 5.32 Å². The minimum absolute atomic E-state index is 0.476. The number of nitrogens with one attached hydrogen (secondary N) is 1. The van der Waals surface area contributed by atoms with Gasteiger partial charge in [0.2, 0.25) is 0 Å². The molecule has 0 fully saturated rings. The minimum atomic E-state index is -0.869. The Kier molecular flexibility index (Phi) is 4.26. The van der Waals surface area contributed by atoms with E-state index in [1.165, 1.54) is 0 Å². The summed E-state index contributed by atoms with van der Waals surface area (Å²) in [7, 11) is 0. The number of carboxylic acid groups (broad SMARTS) is 1. The van der Waals surface area contributed by atoms with E-state index < -0.39 is 12.0 Å². The molecule has 1 unspecified atom stereocenters. The Labute approximate surface area is 95.8 Å². The van der Waals surface area contributed by atoms with Gasteiger partial charge in [0, 0.05) is 6.54 Å². The first-order valence-electron chi connectivity index (χ1n) is 5.20. The first kappa shape index (κ1) is 12.5. The van der Waals surface area contributed by atoms with Gasteiger partial charge in [0.05, 0.1) is 0 Å². The molecule has 16 heavy (non-hydrogen) atoms. The van der Waals surface area contributed by atoms with Crippen LogP contribution in [0.4, 0.5) is 0 Å². The summed E-state index contributed by atoms with van der Waals surface area (Å²) >= 11 is 0. The molecule has 0 aliphatic rings. The van der Waals surface area contributed by atoms with E-state index in [1.54, 1.807) is 6.08 Å². The average molecular weight is 219 g/mol. The molecule has 0 aliphatic heterocycles. The highest BCUT2D eigenvalue weighted by Gasteiger charge is 2.18. The molecular weight excluding hydrogens is 202 g/mol. The molecular formula is C13H17NO2. The predicted octanol–water partition coefficient (Wildman–Crippen LogP) is 2.20. The van der Waals surface area contributed by atoms with Crippen LogP contribution in [-0.2, 0) is 4.79 Å². The summed E-state index contributed by atoms with van der Waals surface area (Å²) in [6, 6.07) is 5.14. The van der Waals surface area contributed by atoms with E-state index in [9.17, 15) is 4.79 Å². The molecule has 0 saturated heterocycles. The number of aryl methyl sites for hydroxylation is 2. The second-order valence-corrected chi connectivity index (χ2v) is 3.89. The quantitative estimate of drug-likeness (QED) is 0.746. The number of hydrogen-bond donors (Lipinski definition) is 2. The predicted molar refractivity (Wildman–Crippen MR) is 64.5 cm³/mol. The van der Waals surface area contributed by atoms with Crippen LogP contribution in [0, 0.1) is 13.8 Å². The summed E-state index contributed by atoms with van der Waals surface area (Å²) in [6.45, 7) is 7.96. The van der Waals surface area contributed by atoms with E-state index in [0.29, 0.717) is 6.54 Å². The lowest BCUT2D eigenvalue weighted by Gasteiger charge is -2.15. The number of rotatable bonds is 5. The van der Waals surface area contributed by atoms with Crippen molar-refractivity contribution in [2.45, 2.75) is 19.9 Å². The first-order valence-corrected chi connectivity index (χ1v) is 5.20. The fourth-order valence-corrected chi connectivity index (χ4v) is 1.73. The van der Waals surface area contributed by atoms with Gasteiger partial charge in [0.25, 0.3) is 0 Å². The van der Waals surface area contributed by atoms with Crippen LogP contribution in [0.15, 0.2) is 30.9 Å². The zero-order valence-corrected chi connectivity index (χ0v) is 9.66. The molecule has 0 amide bonds. The minimum Gasteiger partial charge on any atom is -0.480 e. The Morgan fingerprint density at radius 1 is 1.44 bits per heavy atom. The van der Waals surface area contributed by atoms with Gasteiger partial charge in [0.15, 0.2) is 0 Å². The lowest BCUT2D eigenvalue weighted by Crippen LogP contribution is -2.28. The second kappa shape index (κ2) is 5.47. The Balaban J connectivity index is 3.00. The molecule has 1 atom stereocenters. The number of aliphatic carboxylic acids is 1. The highest BCUT2D eigenvalue weighted by atomic mass is 16.4. The van der Waals surface area contributed by atoms with Gasteiger partial charge >= 0.3 is 5.97 Å². The fourth-order valence-electron chi connectivity index (χ4n) is 1.73. The van der Waals surface area contributed by atoms with E-state index in [-0.39, 0.29) is 0 Å². The Morgan fingerprint density at radius 3 is 2.44 bits per heavy atom. The van der Waals surface area contributed by atoms with Crippen LogP contribution in [0.1, 0.15) is 22.7 Å². The molecule has 0 saturated carbocycles. The van der Waals surface area contributed by atoms with E-state index in [0.717, 1.165) is 16.7 Å². The molecule has 0 aliphatic carbocycles. The number of hydrogen-bond acceptors (Lipinski definition) is 2. The maximum atomic E-state index is 11.1. The zero-order valence-electron chi connectivity index (χ0n) is 9.66. The summed E-state index contributed by atoms with van der Waals surface area (Å²) in [5.41, 5.74) is 2.93. The summed E-state index contributed by atoms with van der Waals surface area (Å²) in [6.07, 6.45) is 1.65. The van der Waals surface area contributed by atoms with Crippen LogP contribution in [0.3, 0.4) is 0 Å². The maximum Gasteiger partial charge on any atom is 0.325 e. The van der Waals surface area contributed by atoms with Gasteiger partial charge in [-0.15, -0.1) is 6.58 Å². The number of carboxylic acids is 1. The standard InChI is InChI=1S/C13H17NO2/c1-4-5-14-12(13(15)16)11-7-9(2)6-10(3)8-11/h4,6-8,12,14H,1,5H2,2-3H3,(H,15,16). The highest BCUT2D eigenvalue weighted by Crippen LogP contribution is 2.17. The molecule has 2 N–H and O–H groups in total. The van der Waals surface area contributed by atoms with Gasteiger partial charge in [-0.05, 0) is 19.4 Å². The molecule has 3 heteroatoms. The largest absolute Gasteiger partial charge is 0.480 e. The summed E-state index contributed by atoms with van der Waals surface area (Å²) in [5, 5.41) is 12.1. The molecule has 0 aromatic heterocycles. The van der Waals surface area contributed by atoms with Gasteiger partial charge < -0.3 is 5.11 Å². The van der Waals surface area contributed by atoms with Crippen molar-refractivity contribution in [1.82, 2.24) is 5.32 Å². The fraction of sp³-hybridized carbons (Fsp3) is 0.308. The van der Waals surface area contributed by atoms with Crippen molar-refractivity contribution in [3.8, 4) is 0 Å². The topological polar surface area (TPSA) is 49.3 Å². The molecule has 86 valence electrons. The van der Waals surface area contributed by atoms with E-state index >= 15 is 0 Å². The second-order valence-electron chi connectivity index (χ2n) is 3.89. The van der Waals surface area contributed by atoms with Crippen molar-refractivity contribution in [1.29, 1.82) is 0 Å². The van der Waals surface area contributed by atoms with Crippen molar-refractivity contribution in [3.05, 3.63) is 47.5 Å². The third-order valence-corrected chi connectivity index (χ3v) is 2.29. The normalized spacial score (nSPS) is 12.1. The van der Waals surface area contributed by atoms with Crippen LogP contribution in [0.25, 0.3) is 0 Å². The molecule has 3 nitrogen and oxygen atoms in total.